The van der Waals surface area contributed by atoms with Gasteiger partial charge in [0.1, 0.15) is 17.2 Å². The van der Waals surface area contributed by atoms with Crippen LogP contribution >= 0.6 is 0 Å². The molecule has 3 saturated heterocycles. The van der Waals surface area contributed by atoms with Gasteiger partial charge in [-0.05, 0) is 93.4 Å². The van der Waals surface area contributed by atoms with E-state index in [2.05, 4.69) is 44.6 Å². The smallest absolute Gasteiger partial charge is 0.422 e. The number of benzene rings is 2. The first kappa shape index (κ1) is 31.9. The van der Waals surface area contributed by atoms with Crippen molar-refractivity contribution in [1.29, 1.82) is 0 Å². The van der Waals surface area contributed by atoms with Crippen molar-refractivity contribution in [2.24, 2.45) is 5.41 Å². The summed E-state index contributed by atoms with van der Waals surface area (Å²) < 4.78 is 47.6. The van der Waals surface area contributed by atoms with Gasteiger partial charge in [-0.2, -0.15) is 18.3 Å². The van der Waals surface area contributed by atoms with E-state index in [4.69, 9.17) is 14.7 Å². The minimum absolute atomic E-state index is 0.119. The van der Waals surface area contributed by atoms with Crippen LogP contribution in [0.4, 0.5) is 19.0 Å². The molecule has 0 atom stereocenters. The third-order valence-corrected chi connectivity index (χ3v) is 10.6. The monoisotopic (exact) mass is 647 g/mol. The number of rotatable bonds is 8. The second kappa shape index (κ2) is 12.4. The largest absolute Gasteiger partial charge is 0.481 e. The molecule has 5 heterocycles. The summed E-state index contributed by atoms with van der Waals surface area (Å²) in [4.78, 5) is 17.5. The molecular formula is C36H44F3N7O. The summed E-state index contributed by atoms with van der Waals surface area (Å²) in [6, 6.07) is 6.03. The molecule has 0 bridgehead atoms. The number of anilines is 1. The molecule has 8 nitrogen and oxygen atoms in total. The summed E-state index contributed by atoms with van der Waals surface area (Å²) in [5, 5.41) is 8.89. The highest BCUT2D eigenvalue weighted by molar-refractivity contribution is 6.05. The number of nitrogens with one attached hydrogen (secondary N) is 1. The van der Waals surface area contributed by atoms with Crippen molar-refractivity contribution in [2.45, 2.75) is 58.0 Å². The number of H-pyrrole nitrogens is 1. The summed E-state index contributed by atoms with van der Waals surface area (Å²) >= 11 is 0. The fourth-order valence-corrected chi connectivity index (χ4v) is 8.01. The van der Waals surface area contributed by atoms with E-state index in [1.165, 1.54) is 0 Å². The van der Waals surface area contributed by atoms with Crippen molar-refractivity contribution in [2.75, 3.05) is 64.4 Å². The van der Waals surface area contributed by atoms with E-state index >= 15 is 0 Å². The maximum absolute atomic E-state index is 13.9. The van der Waals surface area contributed by atoms with Gasteiger partial charge in [0, 0.05) is 55.0 Å². The maximum atomic E-state index is 13.9. The molecular weight excluding hydrogens is 603 g/mol. The predicted molar refractivity (Wildman–Crippen MR) is 180 cm³/mol. The number of hydrogen-bond acceptors (Lipinski definition) is 7. The van der Waals surface area contributed by atoms with Gasteiger partial charge in [0.25, 0.3) is 0 Å². The molecule has 0 aliphatic carbocycles. The van der Waals surface area contributed by atoms with E-state index in [0.717, 1.165) is 110 Å². The maximum Gasteiger partial charge on any atom is 0.422 e. The third kappa shape index (κ3) is 6.08. The Bertz CT molecular complexity index is 1780. The number of aryl methyl sites for hydroxylation is 2. The Morgan fingerprint density at radius 1 is 1.06 bits per heavy atom. The number of likely N-dealkylation sites (tertiary alicyclic amines) is 2. The fourth-order valence-electron chi connectivity index (χ4n) is 8.01. The average Bonchev–Trinajstić information content (AvgIpc) is 3.51. The van der Waals surface area contributed by atoms with Crippen LogP contribution in [0.5, 0.6) is 5.75 Å². The van der Waals surface area contributed by atoms with Crippen molar-refractivity contribution in [3.8, 4) is 16.9 Å². The lowest BCUT2D eigenvalue weighted by Gasteiger charge is -2.54. The molecule has 0 amide bonds. The number of aromatic nitrogens is 4. The first-order valence-corrected chi connectivity index (χ1v) is 16.8. The summed E-state index contributed by atoms with van der Waals surface area (Å²) in [7, 11) is 2.11. The number of halogens is 3. The summed E-state index contributed by atoms with van der Waals surface area (Å²) in [5.74, 6) is 1.82. The number of fused-ring (bicyclic) bond motifs is 2. The van der Waals surface area contributed by atoms with E-state index in [-0.39, 0.29) is 11.7 Å². The summed E-state index contributed by atoms with van der Waals surface area (Å²) in [6.07, 6.45) is 3.68. The standard InChI is InChI=1S/C36H44F3N7O/c1-5-13-45-20-35(21-45)11-16-46(17-12-35)34-26-18-24(6-2)30(29-23(3)7-8-28-27(29)19-40-43-28)32(47-22-36(37,38)39)31(26)41-33(42-34)25-9-14-44(4)15-10-25/h5,7-8,18-19,25H,1,6,9-17,20-22H2,2-4H3,(H,40,43). The Morgan fingerprint density at radius 3 is 2.49 bits per heavy atom. The molecule has 250 valence electrons. The second-order valence-electron chi connectivity index (χ2n) is 13.9. The molecule has 0 saturated carbocycles. The van der Waals surface area contributed by atoms with Crippen LogP contribution in [-0.2, 0) is 6.42 Å². The Hall–Kier alpha value is -3.70. The Balaban J connectivity index is 1.41. The topological polar surface area (TPSA) is 73.4 Å². The van der Waals surface area contributed by atoms with Crippen LogP contribution in [0.2, 0.25) is 0 Å². The molecule has 3 aliphatic rings. The number of hydrogen-bond donors (Lipinski definition) is 1. The van der Waals surface area contributed by atoms with Crippen molar-refractivity contribution in [1.82, 2.24) is 30.0 Å². The minimum atomic E-state index is -4.52. The highest BCUT2D eigenvalue weighted by atomic mass is 19.4. The van der Waals surface area contributed by atoms with E-state index in [0.29, 0.717) is 28.7 Å². The van der Waals surface area contributed by atoms with Gasteiger partial charge >= 0.3 is 6.18 Å². The highest BCUT2D eigenvalue weighted by Gasteiger charge is 2.44. The first-order chi connectivity index (χ1) is 22.6. The van der Waals surface area contributed by atoms with E-state index < -0.39 is 12.8 Å². The van der Waals surface area contributed by atoms with Crippen LogP contribution in [0.15, 0.2) is 37.1 Å². The lowest BCUT2D eigenvalue weighted by molar-refractivity contribution is -0.153. The van der Waals surface area contributed by atoms with Crippen LogP contribution < -0.4 is 9.64 Å². The predicted octanol–water partition coefficient (Wildman–Crippen LogP) is 6.88. The molecule has 2 aromatic carbocycles. The zero-order valence-electron chi connectivity index (χ0n) is 27.6. The number of nitrogens with zero attached hydrogens (tertiary/aromatic N) is 6. The van der Waals surface area contributed by atoms with Crippen molar-refractivity contribution >= 4 is 27.6 Å². The zero-order chi connectivity index (χ0) is 32.9. The van der Waals surface area contributed by atoms with Gasteiger partial charge in [0.15, 0.2) is 12.4 Å². The summed E-state index contributed by atoms with van der Waals surface area (Å²) in [5.41, 5.74) is 4.89. The normalized spacial score (nSPS) is 19.5. The molecule has 1 spiro atoms. The first-order valence-electron chi connectivity index (χ1n) is 16.8. The fraction of sp³-hybridized carbons (Fsp3) is 0.528. The van der Waals surface area contributed by atoms with Crippen LogP contribution in [0.25, 0.3) is 32.9 Å². The number of alkyl halides is 3. The summed E-state index contributed by atoms with van der Waals surface area (Å²) in [6.45, 7) is 13.1. The Labute approximate surface area is 274 Å². The number of ether oxygens (including phenoxy) is 1. The molecule has 1 N–H and O–H groups in total. The van der Waals surface area contributed by atoms with Crippen molar-refractivity contribution < 1.29 is 17.9 Å². The molecule has 3 aliphatic heterocycles. The molecule has 0 unspecified atom stereocenters. The molecule has 4 aromatic rings. The molecule has 7 rings (SSSR count). The highest BCUT2D eigenvalue weighted by Crippen LogP contribution is 2.48. The molecule has 0 radical (unpaired) electrons. The SMILES string of the molecule is C=CCN1CC2(CCN(c3nc(C4CCN(C)CC4)nc4c(OCC(F)(F)F)c(-c5c(C)ccc6[nH]ncc56)c(CC)cc34)CC2)C1. The molecule has 3 fully saturated rings. The van der Waals surface area contributed by atoms with Gasteiger partial charge < -0.3 is 14.5 Å². The second-order valence-corrected chi connectivity index (χ2v) is 13.9. The van der Waals surface area contributed by atoms with Gasteiger partial charge in [-0.3, -0.25) is 10.00 Å². The lowest BCUT2D eigenvalue weighted by Crippen LogP contribution is -2.60. The van der Waals surface area contributed by atoms with Crippen LogP contribution in [0.1, 0.15) is 55.5 Å². The zero-order valence-corrected chi connectivity index (χ0v) is 27.6. The molecule has 11 heteroatoms. The molecule has 47 heavy (non-hydrogen) atoms. The average molecular weight is 648 g/mol. The molecule has 2 aromatic heterocycles. The van der Waals surface area contributed by atoms with Gasteiger partial charge in [-0.15, -0.1) is 6.58 Å². The number of aromatic amines is 1. The van der Waals surface area contributed by atoms with E-state index in [9.17, 15) is 13.2 Å². The van der Waals surface area contributed by atoms with Gasteiger partial charge in [-0.25, -0.2) is 9.97 Å². The van der Waals surface area contributed by atoms with Gasteiger partial charge in [0.2, 0.25) is 0 Å². The van der Waals surface area contributed by atoms with Gasteiger partial charge in [-0.1, -0.05) is 19.1 Å². The van der Waals surface area contributed by atoms with Crippen molar-refractivity contribution in [3.63, 3.8) is 0 Å². The Morgan fingerprint density at radius 2 is 1.81 bits per heavy atom. The quantitative estimate of drug-likeness (QED) is 0.209. The van der Waals surface area contributed by atoms with Gasteiger partial charge in [0.05, 0.1) is 11.7 Å². The van der Waals surface area contributed by atoms with Crippen LogP contribution in [0, 0.1) is 12.3 Å². The minimum Gasteiger partial charge on any atom is -0.481 e. The number of piperidine rings is 2. The third-order valence-electron chi connectivity index (χ3n) is 10.6. The lowest BCUT2D eigenvalue weighted by atomic mass is 9.72. The van der Waals surface area contributed by atoms with Crippen molar-refractivity contribution in [3.05, 3.63) is 54.0 Å². The van der Waals surface area contributed by atoms with Crippen LogP contribution in [0.3, 0.4) is 0 Å². The van der Waals surface area contributed by atoms with E-state index in [1.54, 1.807) is 6.20 Å². The Kier molecular flexibility index (Phi) is 8.41. The van der Waals surface area contributed by atoms with Crippen LogP contribution in [-0.4, -0.2) is 95.6 Å². The van der Waals surface area contributed by atoms with E-state index in [1.807, 2.05) is 32.1 Å².